The number of hydrogen-bond acceptors (Lipinski definition) is 3. The van der Waals surface area contributed by atoms with E-state index in [0.717, 1.165) is 16.9 Å². The first-order chi connectivity index (χ1) is 17.5. The average molecular weight is 668 g/mol. The van der Waals surface area contributed by atoms with Crippen molar-refractivity contribution in [2.75, 3.05) is 0 Å². The third-order valence-corrected chi connectivity index (χ3v) is 6.51. The Morgan fingerprint density at radius 1 is 0.757 bits per heavy atom. The second-order valence-electron chi connectivity index (χ2n) is 9.60. The van der Waals surface area contributed by atoms with E-state index in [9.17, 15) is 5.11 Å². The molecule has 5 rings (SSSR count). The normalized spacial score (nSPS) is 11.1. The topological polar surface area (TPSA) is 50.9 Å². The fraction of sp³-hybridized carbons (Fsp3) is 0.188. The third-order valence-electron chi connectivity index (χ3n) is 6.51. The molecule has 3 aromatic carbocycles. The molecule has 5 aromatic rings. The van der Waals surface area contributed by atoms with E-state index in [-0.39, 0.29) is 26.8 Å². The predicted molar refractivity (Wildman–Crippen MR) is 146 cm³/mol. The molecule has 0 aliphatic rings. The number of nitrogens with zero attached hydrogens (tertiary/aromatic N) is 3. The second-order valence-corrected chi connectivity index (χ2v) is 9.60. The molecule has 2 aromatic heterocycles. The fourth-order valence-electron chi connectivity index (χ4n) is 4.69. The molecular formula is C32H30N3OPt-. The smallest absolute Gasteiger partial charge is 0.148 e. The molecule has 2 heterocycles. The van der Waals surface area contributed by atoms with Gasteiger partial charge >= 0.3 is 0 Å². The zero-order chi connectivity index (χ0) is 25.2. The molecule has 0 aliphatic carbocycles. The first-order valence-electron chi connectivity index (χ1n) is 12.4. The van der Waals surface area contributed by atoms with Crippen molar-refractivity contribution in [3.05, 3.63) is 108 Å². The molecular weight excluding hydrogens is 637 g/mol. The van der Waals surface area contributed by atoms with Gasteiger partial charge in [-0.25, -0.2) is 4.98 Å². The van der Waals surface area contributed by atoms with Crippen molar-refractivity contribution in [2.45, 2.75) is 39.5 Å². The van der Waals surface area contributed by atoms with Crippen molar-refractivity contribution in [1.82, 2.24) is 14.5 Å². The monoisotopic (exact) mass is 667 g/mol. The summed E-state index contributed by atoms with van der Waals surface area (Å²) in [4.78, 5) is 9.54. The molecule has 0 atom stereocenters. The second kappa shape index (κ2) is 11.3. The van der Waals surface area contributed by atoms with E-state index >= 15 is 0 Å². The van der Waals surface area contributed by atoms with Gasteiger partial charge in [-0.2, -0.15) is 0 Å². The van der Waals surface area contributed by atoms with Crippen LogP contribution in [-0.4, -0.2) is 19.6 Å². The minimum Gasteiger partial charge on any atom is -0.506 e. The zero-order valence-electron chi connectivity index (χ0n) is 21.4. The van der Waals surface area contributed by atoms with E-state index in [1.54, 1.807) is 6.20 Å². The van der Waals surface area contributed by atoms with Crippen molar-refractivity contribution in [3.63, 3.8) is 0 Å². The van der Waals surface area contributed by atoms with E-state index in [4.69, 9.17) is 9.97 Å². The van der Waals surface area contributed by atoms with Crippen LogP contribution in [0.4, 0.5) is 0 Å². The third kappa shape index (κ3) is 5.17. The van der Waals surface area contributed by atoms with Crippen LogP contribution in [0.3, 0.4) is 0 Å². The van der Waals surface area contributed by atoms with Gasteiger partial charge in [-0.05, 0) is 46.9 Å². The Labute approximate surface area is 233 Å². The van der Waals surface area contributed by atoms with Gasteiger partial charge in [0.05, 0.1) is 16.9 Å². The molecule has 0 saturated carbocycles. The summed E-state index contributed by atoms with van der Waals surface area (Å²) in [5.74, 6) is 1.56. The number of benzene rings is 3. The predicted octanol–water partition coefficient (Wildman–Crippen LogP) is 8.02. The van der Waals surface area contributed by atoms with Crippen molar-refractivity contribution in [1.29, 1.82) is 0 Å². The van der Waals surface area contributed by atoms with Crippen LogP contribution >= 0.6 is 0 Å². The number of para-hydroxylation sites is 2. The van der Waals surface area contributed by atoms with Gasteiger partial charge in [-0.1, -0.05) is 64.1 Å². The maximum absolute atomic E-state index is 11.5. The Morgan fingerprint density at radius 2 is 1.41 bits per heavy atom. The summed E-state index contributed by atoms with van der Waals surface area (Å²) >= 11 is 0. The van der Waals surface area contributed by atoms with Crippen LogP contribution in [0.2, 0.25) is 0 Å². The van der Waals surface area contributed by atoms with Gasteiger partial charge in [0.2, 0.25) is 0 Å². The SMILES string of the molecule is CC(C)c1cccc(C(C)C)c1-n1ccnc1-c1cccc(-c2cccc(-c3[c-]cccc3)n2)c1O.[Pt]. The molecule has 0 bridgehead atoms. The summed E-state index contributed by atoms with van der Waals surface area (Å²) in [5, 5.41) is 11.5. The van der Waals surface area contributed by atoms with E-state index in [1.807, 2.05) is 66.9 Å². The van der Waals surface area contributed by atoms with E-state index in [0.29, 0.717) is 34.5 Å². The first kappa shape index (κ1) is 26.6. The van der Waals surface area contributed by atoms with Crippen molar-refractivity contribution in [3.8, 4) is 45.3 Å². The van der Waals surface area contributed by atoms with Crippen LogP contribution < -0.4 is 0 Å². The molecule has 1 N–H and O–H groups in total. The Hall–Kier alpha value is -3.49. The van der Waals surface area contributed by atoms with E-state index in [2.05, 4.69) is 56.5 Å². The number of phenols is 1. The van der Waals surface area contributed by atoms with Crippen LogP contribution in [0.25, 0.3) is 39.6 Å². The molecule has 5 heteroatoms. The fourth-order valence-corrected chi connectivity index (χ4v) is 4.69. The van der Waals surface area contributed by atoms with Gasteiger partial charge in [0.1, 0.15) is 11.6 Å². The van der Waals surface area contributed by atoms with Crippen LogP contribution in [-0.2, 0) is 21.1 Å². The molecule has 0 unspecified atom stereocenters. The van der Waals surface area contributed by atoms with Gasteiger partial charge in [0, 0.05) is 39.0 Å². The number of aromatic hydroxyl groups is 1. The number of rotatable bonds is 6. The number of aromatic nitrogens is 3. The standard InChI is InChI=1S/C32H30N3O.Pt/c1-21(2)24-13-8-14-25(22(3)4)30(24)35-20-19-33-32(35)27-16-9-15-26(31(27)36)29-18-10-17-28(34-29)23-11-6-5-7-12-23;/h5-11,13-22,36H,1-4H3;/q-1;. The molecule has 0 aliphatic heterocycles. The Bertz CT molecular complexity index is 1480. The Morgan fingerprint density at radius 3 is 2.08 bits per heavy atom. The summed E-state index contributed by atoms with van der Waals surface area (Å²) < 4.78 is 2.12. The van der Waals surface area contributed by atoms with Crippen molar-refractivity contribution >= 4 is 0 Å². The van der Waals surface area contributed by atoms with Gasteiger partial charge < -0.3 is 5.11 Å². The number of imidazole rings is 1. The molecule has 0 saturated heterocycles. The summed E-state index contributed by atoms with van der Waals surface area (Å²) in [7, 11) is 0. The molecule has 0 spiro atoms. The zero-order valence-corrected chi connectivity index (χ0v) is 23.7. The molecule has 4 nitrogen and oxygen atoms in total. The van der Waals surface area contributed by atoms with Crippen LogP contribution in [0, 0.1) is 6.07 Å². The average Bonchev–Trinajstić information content (AvgIpc) is 3.38. The number of hydrogen-bond donors (Lipinski definition) is 1. The minimum absolute atomic E-state index is 0. The van der Waals surface area contributed by atoms with Gasteiger partial charge in [-0.3, -0.25) is 9.55 Å². The largest absolute Gasteiger partial charge is 0.506 e. The van der Waals surface area contributed by atoms with Crippen molar-refractivity contribution in [2.24, 2.45) is 0 Å². The first-order valence-corrected chi connectivity index (χ1v) is 12.4. The number of phenolic OH excluding ortho intramolecular Hbond substituents is 1. The van der Waals surface area contributed by atoms with E-state index < -0.39 is 0 Å². The Balaban J connectivity index is 0.00000320. The van der Waals surface area contributed by atoms with Crippen LogP contribution in [0.5, 0.6) is 5.75 Å². The summed E-state index contributed by atoms with van der Waals surface area (Å²) in [6, 6.07) is 29.1. The Kier molecular flexibility index (Phi) is 8.09. The number of pyridine rings is 1. The van der Waals surface area contributed by atoms with Crippen LogP contribution in [0.15, 0.2) is 91.3 Å². The molecule has 190 valence electrons. The van der Waals surface area contributed by atoms with E-state index in [1.165, 1.54) is 11.1 Å². The van der Waals surface area contributed by atoms with Crippen LogP contribution in [0.1, 0.15) is 50.7 Å². The summed E-state index contributed by atoms with van der Waals surface area (Å²) in [5.41, 5.74) is 7.41. The molecule has 0 fully saturated rings. The van der Waals surface area contributed by atoms with Gasteiger partial charge in [0.25, 0.3) is 0 Å². The molecule has 0 radical (unpaired) electrons. The molecule has 37 heavy (non-hydrogen) atoms. The summed E-state index contributed by atoms with van der Waals surface area (Å²) in [6.45, 7) is 8.84. The summed E-state index contributed by atoms with van der Waals surface area (Å²) in [6.07, 6.45) is 3.78. The van der Waals surface area contributed by atoms with Gasteiger partial charge in [0.15, 0.2) is 0 Å². The quantitative estimate of drug-likeness (QED) is 0.187. The molecule has 0 amide bonds. The maximum Gasteiger partial charge on any atom is 0.148 e. The minimum atomic E-state index is 0. The maximum atomic E-state index is 11.5. The van der Waals surface area contributed by atoms with Gasteiger partial charge in [-0.15, -0.1) is 35.9 Å². The van der Waals surface area contributed by atoms with Crippen molar-refractivity contribution < 1.29 is 26.2 Å².